The van der Waals surface area contributed by atoms with E-state index in [0.717, 1.165) is 5.56 Å². The SMILES string of the molecule is COc1ccccc1/C=N\OCC(=O)Nc1ccccc1Oc1ccccc1. The van der Waals surface area contributed by atoms with E-state index >= 15 is 0 Å². The first kappa shape index (κ1) is 19.0. The number of nitrogens with zero attached hydrogens (tertiary/aromatic N) is 1. The molecule has 0 aliphatic rings. The van der Waals surface area contributed by atoms with Crippen LogP contribution in [0.15, 0.2) is 84.0 Å². The molecule has 0 bridgehead atoms. The molecule has 0 aliphatic carbocycles. The maximum absolute atomic E-state index is 12.2. The number of carbonyl (C=O) groups is 1. The predicted molar refractivity (Wildman–Crippen MR) is 108 cm³/mol. The van der Waals surface area contributed by atoms with Crippen LogP contribution in [-0.4, -0.2) is 25.8 Å². The van der Waals surface area contributed by atoms with Gasteiger partial charge in [0.2, 0.25) is 0 Å². The number of para-hydroxylation sites is 4. The zero-order chi connectivity index (χ0) is 19.6. The summed E-state index contributed by atoms with van der Waals surface area (Å²) in [7, 11) is 1.58. The van der Waals surface area contributed by atoms with Crippen LogP contribution in [0, 0.1) is 0 Å². The smallest absolute Gasteiger partial charge is 0.265 e. The van der Waals surface area contributed by atoms with E-state index in [-0.39, 0.29) is 12.5 Å². The molecular weight excluding hydrogens is 356 g/mol. The average Bonchev–Trinajstić information content (AvgIpc) is 2.74. The number of hydrogen-bond donors (Lipinski definition) is 1. The highest BCUT2D eigenvalue weighted by Crippen LogP contribution is 2.29. The second-order valence-electron chi connectivity index (χ2n) is 5.71. The first-order chi connectivity index (χ1) is 13.8. The number of carbonyl (C=O) groups excluding carboxylic acids is 1. The Kier molecular flexibility index (Phi) is 6.62. The Morgan fingerprint density at radius 1 is 0.929 bits per heavy atom. The maximum atomic E-state index is 12.2. The molecule has 6 heteroatoms. The molecule has 3 aromatic carbocycles. The van der Waals surface area contributed by atoms with E-state index in [4.69, 9.17) is 14.3 Å². The molecular formula is C22H20N2O4. The fraction of sp³-hybridized carbons (Fsp3) is 0.0909. The van der Waals surface area contributed by atoms with Gasteiger partial charge in [-0.25, -0.2) is 0 Å². The van der Waals surface area contributed by atoms with Crippen molar-refractivity contribution in [2.75, 3.05) is 19.0 Å². The molecule has 0 saturated carbocycles. The number of ether oxygens (including phenoxy) is 2. The van der Waals surface area contributed by atoms with E-state index in [0.29, 0.717) is 22.9 Å². The van der Waals surface area contributed by atoms with Gasteiger partial charge in [-0.2, -0.15) is 0 Å². The molecule has 0 heterocycles. The Labute approximate surface area is 163 Å². The summed E-state index contributed by atoms with van der Waals surface area (Å²) < 4.78 is 11.0. The molecule has 1 N–H and O–H groups in total. The minimum atomic E-state index is -0.346. The Morgan fingerprint density at radius 2 is 1.61 bits per heavy atom. The minimum Gasteiger partial charge on any atom is -0.496 e. The van der Waals surface area contributed by atoms with Crippen molar-refractivity contribution >= 4 is 17.8 Å². The van der Waals surface area contributed by atoms with Crippen LogP contribution in [0.4, 0.5) is 5.69 Å². The molecule has 3 aromatic rings. The van der Waals surface area contributed by atoms with E-state index in [1.165, 1.54) is 6.21 Å². The predicted octanol–water partition coefficient (Wildman–Crippen LogP) is 4.48. The summed E-state index contributed by atoms with van der Waals surface area (Å²) in [4.78, 5) is 17.3. The molecule has 0 aliphatic heterocycles. The van der Waals surface area contributed by atoms with Crippen molar-refractivity contribution in [3.05, 3.63) is 84.4 Å². The highest BCUT2D eigenvalue weighted by molar-refractivity contribution is 5.93. The van der Waals surface area contributed by atoms with Crippen LogP contribution >= 0.6 is 0 Å². The molecule has 3 rings (SSSR count). The Bertz CT molecular complexity index is 942. The van der Waals surface area contributed by atoms with E-state index in [1.54, 1.807) is 19.2 Å². The Hall–Kier alpha value is -3.80. The zero-order valence-corrected chi connectivity index (χ0v) is 15.4. The van der Waals surface area contributed by atoms with Gasteiger partial charge in [0.1, 0.15) is 11.5 Å². The van der Waals surface area contributed by atoms with Gasteiger partial charge < -0.3 is 19.6 Å². The van der Waals surface area contributed by atoms with Crippen LogP contribution in [0.5, 0.6) is 17.2 Å². The fourth-order valence-corrected chi connectivity index (χ4v) is 2.42. The molecule has 1 amide bonds. The van der Waals surface area contributed by atoms with Crippen molar-refractivity contribution in [1.82, 2.24) is 0 Å². The minimum absolute atomic E-state index is 0.231. The normalized spacial score (nSPS) is 10.5. The van der Waals surface area contributed by atoms with Crippen LogP contribution in [0.3, 0.4) is 0 Å². The van der Waals surface area contributed by atoms with Crippen molar-refractivity contribution in [3.8, 4) is 17.2 Å². The third-order valence-electron chi connectivity index (χ3n) is 3.73. The summed E-state index contributed by atoms with van der Waals surface area (Å²) in [6.45, 7) is -0.231. The van der Waals surface area contributed by atoms with Crippen LogP contribution in [-0.2, 0) is 9.63 Å². The molecule has 0 saturated heterocycles. The highest BCUT2D eigenvalue weighted by Gasteiger charge is 2.09. The van der Waals surface area contributed by atoms with E-state index in [2.05, 4.69) is 10.5 Å². The number of benzene rings is 3. The van der Waals surface area contributed by atoms with Crippen molar-refractivity contribution in [3.63, 3.8) is 0 Å². The number of methoxy groups -OCH3 is 1. The van der Waals surface area contributed by atoms with Crippen LogP contribution < -0.4 is 14.8 Å². The largest absolute Gasteiger partial charge is 0.496 e. The summed E-state index contributed by atoms with van der Waals surface area (Å²) in [6.07, 6.45) is 1.50. The van der Waals surface area contributed by atoms with Gasteiger partial charge in [-0.3, -0.25) is 4.79 Å². The summed E-state index contributed by atoms with van der Waals surface area (Å²) in [5.74, 6) is 1.55. The third-order valence-corrected chi connectivity index (χ3v) is 3.73. The van der Waals surface area contributed by atoms with Crippen molar-refractivity contribution in [2.24, 2.45) is 5.16 Å². The number of oxime groups is 1. The van der Waals surface area contributed by atoms with Gasteiger partial charge in [0.15, 0.2) is 12.4 Å². The lowest BCUT2D eigenvalue weighted by atomic mass is 10.2. The van der Waals surface area contributed by atoms with Gasteiger partial charge in [-0.05, 0) is 36.4 Å². The number of rotatable bonds is 8. The number of nitrogens with one attached hydrogen (secondary N) is 1. The first-order valence-electron chi connectivity index (χ1n) is 8.66. The molecule has 0 atom stereocenters. The lowest BCUT2D eigenvalue weighted by Gasteiger charge is -2.11. The molecule has 0 fully saturated rings. The van der Waals surface area contributed by atoms with Crippen molar-refractivity contribution < 1.29 is 19.1 Å². The maximum Gasteiger partial charge on any atom is 0.265 e. The van der Waals surface area contributed by atoms with Crippen LogP contribution in [0.1, 0.15) is 5.56 Å². The molecule has 142 valence electrons. The lowest BCUT2D eigenvalue weighted by Crippen LogP contribution is -2.17. The molecule has 0 spiro atoms. The van der Waals surface area contributed by atoms with Crippen molar-refractivity contribution in [1.29, 1.82) is 0 Å². The summed E-state index contributed by atoms with van der Waals surface area (Å²) in [6, 6.07) is 23.9. The monoisotopic (exact) mass is 376 g/mol. The first-order valence-corrected chi connectivity index (χ1v) is 8.66. The van der Waals surface area contributed by atoms with Gasteiger partial charge >= 0.3 is 0 Å². The lowest BCUT2D eigenvalue weighted by molar-refractivity contribution is -0.120. The van der Waals surface area contributed by atoms with E-state index in [9.17, 15) is 4.79 Å². The van der Waals surface area contributed by atoms with Crippen LogP contribution in [0.2, 0.25) is 0 Å². The summed E-state index contributed by atoms with van der Waals surface area (Å²) >= 11 is 0. The third kappa shape index (κ3) is 5.35. The fourth-order valence-electron chi connectivity index (χ4n) is 2.42. The topological polar surface area (TPSA) is 69.2 Å². The zero-order valence-electron chi connectivity index (χ0n) is 15.4. The van der Waals surface area contributed by atoms with E-state index in [1.807, 2.05) is 66.7 Å². The standard InChI is InChI=1S/C22H20N2O4/c1-26-20-13-7-5-9-17(20)15-23-27-16-22(25)24-19-12-6-8-14-21(19)28-18-10-3-2-4-11-18/h2-15H,16H2,1H3,(H,24,25)/b23-15-. The second kappa shape index (κ2) is 9.78. The molecule has 28 heavy (non-hydrogen) atoms. The van der Waals surface area contributed by atoms with Gasteiger partial charge in [0.25, 0.3) is 5.91 Å². The van der Waals surface area contributed by atoms with Gasteiger partial charge in [0, 0.05) is 5.56 Å². The second-order valence-corrected chi connectivity index (χ2v) is 5.71. The van der Waals surface area contributed by atoms with Crippen molar-refractivity contribution in [2.45, 2.75) is 0 Å². The molecule has 0 aromatic heterocycles. The molecule has 0 radical (unpaired) electrons. The van der Waals surface area contributed by atoms with Crippen LogP contribution in [0.25, 0.3) is 0 Å². The van der Waals surface area contributed by atoms with Gasteiger partial charge in [0.05, 0.1) is 19.0 Å². The quantitative estimate of drug-likeness (QED) is 0.465. The average molecular weight is 376 g/mol. The molecule has 6 nitrogen and oxygen atoms in total. The number of amides is 1. The van der Waals surface area contributed by atoms with E-state index < -0.39 is 0 Å². The number of anilines is 1. The Morgan fingerprint density at radius 3 is 2.39 bits per heavy atom. The summed E-state index contributed by atoms with van der Waals surface area (Å²) in [5.41, 5.74) is 1.31. The van der Waals surface area contributed by atoms with Gasteiger partial charge in [-0.15, -0.1) is 0 Å². The highest BCUT2D eigenvalue weighted by atomic mass is 16.6. The Balaban J connectivity index is 1.56. The van der Waals surface area contributed by atoms with Gasteiger partial charge in [-0.1, -0.05) is 47.6 Å². The molecule has 0 unspecified atom stereocenters. The summed E-state index contributed by atoms with van der Waals surface area (Å²) in [5, 5.41) is 6.59. The number of hydrogen-bond acceptors (Lipinski definition) is 5.